The summed E-state index contributed by atoms with van der Waals surface area (Å²) >= 11 is 0. The van der Waals surface area contributed by atoms with Gasteiger partial charge in [0.05, 0.1) is 11.1 Å². The fourth-order valence-electron chi connectivity index (χ4n) is 1.94. The molecule has 1 N–H and O–H groups in total. The minimum atomic E-state index is -1.53. The van der Waals surface area contributed by atoms with E-state index >= 15 is 0 Å². The first kappa shape index (κ1) is 12.2. The summed E-state index contributed by atoms with van der Waals surface area (Å²) in [5, 5.41) is 9.25. The quantitative estimate of drug-likeness (QED) is 0.804. The maximum atomic E-state index is 12.1. The highest BCUT2D eigenvalue weighted by molar-refractivity contribution is 6.23. The molecule has 2 amide bonds. The van der Waals surface area contributed by atoms with Crippen LogP contribution in [0, 0.1) is 0 Å². The molecule has 1 aromatic rings. The van der Waals surface area contributed by atoms with Crippen LogP contribution >= 0.6 is 0 Å². The number of hydrogen-bond acceptors (Lipinski definition) is 4. The second-order valence-electron chi connectivity index (χ2n) is 4.30. The minimum Gasteiger partial charge on any atom is -0.479 e. The van der Waals surface area contributed by atoms with Gasteiger partial charge in [0, 0.05) is 12.4 Å². The van der Waals surface area contributed by atoms with Gasteiger partial charge in [-0.15, -0.1) is 0 Å². The lowest BCUT2D eigenvalue weighted by atomic mass is 9.96. The molecule has 0 spiro atoms. The average molecular weight is 248 g/mol. The summed E-state index contributed by atoms with van der Waals surface area (Å²) in [4.78, 5) is 40.2. The van der Waals surface area contributed by atoms with E-state index in [1.165, 1.54) is 25.4 Å². The molecule has 2 rings (SSSR count). The van der Waals surface area contributed by atoms with Gasteiger partial charge in [-0.25, -0.2) is 4.79 Å². The van der Waals surface area contributed by atoms with Crippen LogP contribution in [0.3, 0.4) is 0 Å². The van der Waals surface area contributed by atoms with Crippen LogP contribution in [-0.4, -0.2) is 38.3 Å². The van der Waals surface area contributed by atoms with Crippen LogP contribution in [0.5, 0.6) is 0 Å². The van der Waals surface area contributed by atoms with E-state index in [0.29, 0.717) is 0 Å². The highest BCUT2D eigenvalue weighted by atomic mass is 16.4. The Morgan fingerprint density at radius 2 is 2.00 bits per heavy atom. The fraction of sp³-hybridized carbons (Fsp3) is 0.333. The van der Waals surface area contributed by atoms with E-state index in [2.05, 4.69) is 4.98 Å². The molecule has 0 aliphatic carbocycles. The van der Waals surface area contributed by atoms with E-state index in [9.17, 15) is 19.5 Å². The van der Waals surface area contributed by atoms with Gasteiger partial charge in [-0.05, 0) is 19.4 Å². The van der Waals surface area contributed by atoms with Gasteiger partial charge in [0.15, 0.2) is 0 Å². The zero-order chi connectivity index (χ0) is 13.5. The number of imide groups is 1. The Morgan fingerprint density at radius 1 is 1.39 bits per heavy atom. The number of pyridine rings is 1. The normalized spacial score (nSPS) is 17.6. The van der Waals surface area contributed by atoms with Gasteiger partial charge < -0.3 is 5.11 Å². The molecule has 1 unspecified atom stereocenters. The smallest absolute Gasteiger partial charge is 0.329 e. The molecule has 0 saturated heterocycles. The largest absolute Gasteiger partial charge is 0.479 e. The van der Waals surface area contributed by atoms with Crippen molar-refractivity contribution in [1.82, 2.24) is 9.88 Å². The third-order valence-electron chi connectivity index (χ3n) is 3.33. The van der Waals surface area contributed by atoms with Crippen LogP contribution in [0.1, 0.15) is 41.0 Å². The number of nitrogens with zero attached hydrogens (tertiary/aromatic N) is 2. The Hall–Kier alpha value is -2.24. The van der Waals surface area contributed by atoms with Gasteiger partial charge in [0.2, 0.25) is 0 Å². The maximum absolute atomic E-state index is 12.1. The number of carbonyl (C=O) groups is 3. The van der Waals surface area contributed by atoms with Crippen molar-refractivity contribution >= 4 is 17.8 Å². The number of carboxylic acids is 1. The number of carboxylic acid groups (broad SMARTS) is 1. The van der Waals surface area contributed by atoms with E-state index in [1.807, 2.05) is 0 Å². The Balaban J connectivity index is 2.55. The molecule has 6 nitrogen and oxygen atoms in total. The van der Waals surface area contributed by atoms with Crippen molar-refractivity contribution < 1.29 is 19.5 Å². The molecule has 1 atom stereocenters. The molecule has 1 aliphatic rings. The Bertz CT molecular complexity index is 520. The fourth-order valence-corrected chi connectivity index (χ4v) is 1.94. The molecule has 0 bridgehead atoms. The van der Waals surface area contributed by atoms with Gasteiger partial charge in [-0.3, -0.25) is 19.5 Å². The molecular formula is C12H12N2O4. The molecular weight excluding hydrogens is 236 g/mol. The molecule has 1 aromatic heterocycles. The van der Waals surface area contributed by atoms with Crippen molar-refractivity contribution in [3.63, 3.8) is 0 Å². The lowest BCUT2D eigenvalue weighted by Gasteiger charge is -2.32. The number of aromatic nitrogens is 1. The number of carbonyl (C=O) groups excluding carboxylic acids is 2. The summed E-state index contributed by atoms with van der Waals surface area (Å²) in [7, 11) is 0. The van der Waals surface area contributed by atoms with Crippen LogP contribution in [0.4, 0.5) is 0 Å². The highest BCUT2D eigenvalue weighted by Gasteiger charge is 2.49. The lowest BCUT2D eigenvalue weighted by Crippen LogP contribution is -2.54. The number of fused-ring (bicyclic) bond motifs is 1. The van der Waals surface area contributed by atoms with Crippen LogP contribution in [0.25, 0.3) is 0 Å². The molecule has 18 heavy (non-hydrogen) atoms. The Kier molecular flexibility index (Phi) is 2.65. The summed E-state index contributed by atoms with van der Waals surface area (Å²) in [6, 6.07) is 1.42. The standard InChI is InChI=1S/C12H12N2O4/c1-3-12(2,11(17)18)14-9(15)7-4-5-13-6-8(7)10(14)16/h4-6H,3H2,1-2H3,(H,17,18). The summed E-state index contributed by atoms with van der Waals surface area (Å²) in [6.45, 7) is 2.99. The van der Waals surface area contributed by atoms with Gasteiger partial charge in [0.1, 0.15) is 5.54 Å². The molecule has 0 aromatic carbocycles. The summed E-state index contributed by atoms with van der Waals surface area (Å²) in [5.41, 5.74) is -1.17. The summed E-state index contributed by atoms with van der Waals surface area (Å²) in [6.07, 6.45) is 2.83. The molecule has 6 heteroatoms. The molecule has 0 radical (unpaired) electrons. The van der Waals surface area contributed by atoms with Crippen molar-refractivity contribution in [3.05, 3.63) is 29.6 Å². The zero-order valence-electron chi connectivity index (χ0n) is 10.0. The second-order valence-corrected chi connectivity index (χ2v) is 4.30. The van der Waals surface area contributed by atoms with Crippen LogP contribution in [0.15, 0.2) is 18.5 Å². The van der Waals surface area contributed by atoms with E-state index < -0.39 is 23.3 Å². The molecule has 1 aliphatic heterocycles. The first-order chi connectivity index (χ1) is 8.43. The first-order valence-corrected chi connectivity index (χ1v) is 5.49. The third kappa shape index (κ3) is 1.42. The van der Waals surface area contributed by atoms with Gasteiger partial charge in [-0.2, -0.15) is 0 Å². The van der Waals surface area contributed by atoms with E-state index in [1.54, 1.807) is 6.92 Å². The maximum Gasteiger partial charge on any atom is 0.329 e. The molecule has 2 heterocycles. The van der Waals surface area contributed by atoms with Crippen molar-refractivity contribution in [3.8, 4) is 0 Å². The number of hydrogen-bond donors (Lipinski definition) is 1. The zero-order valence-corrected chi connectivity index (χ0v) is 10.0. The van der Waals surface area contributed by atoms with Crippen LogP contribution in [-0.2, 0) is 4.79 Å². The lowest BCUT2D eigenvalue weighted by molar-refractivity contribution is -0.147. The Morgan fingerprint density at radius 3 is 2.50 bits per heavy atom. The summed E-state index contributed by atoms with van der Waals surface area (Å²) in [5.74, 6) is -2.38. The number of amides is 2. The second kappa shape index (κ2) is 3.90. The molecule has 0 fully saturated rings. The number of aliphatic carboxylic acids is 1. The van der Waals surface area contributed by atoms with Gasteiger partial charge in [-0.1, -0.05) is 6.92 Å². The summed E-state index contributed by atoms with van der Waals surface area (Å²) < 4.78 is 0. The SMILES string of the molecule is CCC(C)(C(=O)O)N1C(=O)c2ccncc2C1=O. The van der Waals surface area contributed by atoms with Crippen molar-refractivity contribution in [1.29, 1.82) is 0 Å². The molecule has 0 saturated carbocycles. The third-order valence-corrected chi connectivity index (χ3v) is 3.33. The van der Waals surface area contributed by atoms with Crippen LogP contribution < -0.4 is 0 Å². The van der Waals surface area contributed by atoms with Gasteiger partial charge in [0.25, 0.3) is 11.8 Å². The highest BCUT2D eigenvalue weighted by Crippen LogP contribution is 2.31. The number of rotatable bonds is 3. The predicted octanol–water partition coefficient (Wildman–Crippen LogP) is 0.931. The van der Waals surface area contributed by atoms with Crippen molar-refractivity contribution in [2.24, 2.45) is 0 Å². The average Bonchev–Trinajstić information content (AvgIpc) is 2.62. The van der Waals surface area contributed by atoms with E-state index in [-0.39, 0.29) is 17.5 Å². The predicted molar refractivity (Wildman–Crippen MR) is 61.1 cm³/mol. The van der Waals surface area contributed by atoms with Crippen LogP contribution in [0.2, 0.25) is 0 Å². The van der Waals surface area contributed by atoms with Gasteiger partial charge >= 0.3 is 5.97 Å². The topological polar surface area (TPSA) is 87.6 Å². The molecule has 94 valence electrons. The van der Waals surface area contributed by atoms with E-state index in [4.69, 9.17) is 0 Å². The monoisotopic (exact) mass is 248 g/mol. The Labute approximate surface area is 103 Å². The minimum absolute atomic E-state index is 0.140. The van der Waals surface area contributed by atoms with E-state index in [0.717, 1.165) is 4.90 Å². The van der Waals surface area contributed by atoms with Crippen molar-refractivity contribution in [2.75, 3.05) is 0 Å². The van der Waals surface area contributed by atoms with Crippen molar-refractivity contribution in [2.45, 2.75) is 25.8 Å². The first-order valence-electron chi connectivity index (χ1n) is 5.49.